The van der Waals surface area contributed by atoms with E-state index in [9.17, 15) is 10.4 Å². The molecule has 6 rings (SSSR count). The van der Waals surface area contributed by atoms with Gasteiger partial charge in [-0.2, -0.15) is 10.2 Å². The van der Waals surface area contributed by atoms with Crippen LogP contribution in [0.25, 0.3) is 28.0 Å². The Morgan fingerprint density at radius 1 is 1.14 bits per heavy atom. The molecule has 182 valence electrons. The van der Waals surface area contributed by atoms with Crippen LogP contribution in [-0.4, -0.2) is 51.1 Å². The first-order valence-corrected chi connectivity index (χ1v) is 12.6. The molecule has 7 heteroatoms. The van der Waals surface area contributed by atoms with Crippen LogP contribution in [0, 0.1) is 17.2 Å². The Balaban J connectivity index is 1.48. The fraction of sp³-hybridized carbons (Fsp3) is 0.345. The third kappa shape index (κ3) is 4.13. The van der Waals surface area contributed by atoms with Gasteiger partial charge in [-0.3, -0.25) is 4.40 Å². The number of nitrogens with zero attached hydrogens (tertiary/aromatic N) is 5. The molecule has 2 aromatic carbocycles. The zero-order valence-corrected chi connectivity index (χ0v) is 20.4. The normalized spacial score (nSPS) is 19.8. The number of aromatic nitrogens is 3. The summed E-state index contributed by atoms with van der Waals surface area (Å²) in [6, 6.07) is 16.4. The summed E-state index contributed by atoms with van der Waals surface area (Å²) in [5.74, 6) is 0.459. The summed E-state index contributed by atoms with van der Waals surface area (Å²) in [4.78, 5) is 12.1. The lowest BCUT2D eigenvalue weighted by molar-refractivity contribution is 0.143. The first kappa shape index (κ1) is 22.7. The van der Waals surface area contributed by atoms with Crippen molar-refractivity contribution in [2.24, 2.45) is 5.92 Å². The molecule has 2 atom stereocenters. The van der Waals surface area contributed by atoms with Gasteiger partial charge in [0.15, 0.2) is 5.65 Å². The Kier molecular flexibility index (Phi) is 5.92. The maximum absolute atomic E-state index is 10.5. The summed E-state index contributed by atoms with van der Waals surface area (Å²) in [6.07, 6.45) is 7.18. The number of nitriles is 1. The number of fused-ring (bicyclic) bond motifs is 2. The largest absolute Gasteiger partial charge is 0.464 e. The van der Waals surface area contributed by atoms with E-state index in [1.54, 1.807) is 18.3 Å². The van der Waals surface area contributed by atoms with Crippen molar-refractivity contribution in [3.63, 3.8) is 0 Å². The third-order valence-corrected chi connectivity index (χ3v) is 7.45. The van der Waals surface area contributed by atoms with Gasteiger partial charge < -0.3 is 14.7 Å². The second-order valence-corrected chi connectivity index (χ2v) is 9.98. The Hall–Kier alpha value is -3.73. The van der Waals surface area contributed by atoms with E-state index in [4.69, 9.17) is 14.7 Å². The molecule has 1 unspecified atom stereocenters. The van der Waals surface area contributed by atoms with Crippen LogP contribution < -0.4 is 4.74 Å². The highest BCUT2D eigenvalue weighted by Crippen LogP contribution is 2.40. The Morgan fingerprint density at radius 3 is 2.78 bits per heavy atom. The molecular weight excluding hydrogens is 450 g/mol. The number of aryl methyl sites for hydroxylation is 1. The van der Waals surface area contributed by atoms with Crippen molar-refractivity contribution in [2.75, 3.05) is 26.7 Å². The fourth-order valence-electron chi connectivity index (χ4n) is 5.57. The van der Waals surface area contributed by atoms with Gasteiger partial charge in [-0.25, -0.2) is 4.98 Å². The van der Waals surface area contributed by atoms with Crippen molar-refractivity contribution in [3.8, 4) is 34.5 Å². The number of aliphatic hydroxyl groups is 1. The van der Waals surface area contributed by atoms with E-state index < -0.39 is 6.10 Å². The number of ether oxygens (including phenoxy) is 1. The average Bonchev–Trinajstić information content (AvgIpc) is 3.54. The van der Waals surface area contributed by atoms with E-state index in [0.29, 0.717) is 24.1 Å². The van der Waals surface area contributed by atoms with Gasteiger partial charge in [0.05, 0.1) is 35.6 Å². The van der Waals surface area contributed by atoms with Crippen molar-refractivity contribution in [1.82, 2.24) is 19.3 Å². The highest BCUT2D eigenvalue weighted by molar-refractivity contribution is 5.90. The zero-order valence-electron chi connectivity index (χ0n) is 20.4. The third-order valence-electron chi connectivity index (χ3n) is 7.45. The molecule has 0 spiro atoms. The Bertz CT molecular complexity index is 1450. The molecule has 3 heterocycles. The molecule has 4 aromatic rings. The highest BCUT2D eigenvalue weighted by atomic mass is 16.5. The molecule has 36 heavy (non-hydrogen) atoms. The zero-order chi connectivity index (χ0) is 24.6. The van der Waals surface area contributed by atoms with Crippen LogP contribution in [-0.2, 0) is 6.42 Å². The monoisotopic (exact) mass is 479 g/mol. The summed E-state index contributed by atoms with van der Waals surface area (Å²) >= 11 is 0. The predicted molar refractivity (Wildman–Crippen MR) is 138 cm³/mol. The Labute approximate surface area is 210 Å². The van der Waals surface area contributed by atoms with E-state index >= 15 is 0 Å². The molecule has 7 nitrogen and oxygen atoms in total. The molecule has 2 aliphatic rings. The van der Waals surface area contributed by atoms with Crippen molar-refractivity contribution in [2.45, 2.75) is 31.8 Å². The number of benzene rings is 2. The van der Waals surface area contributed by atoms with Crippen LogP contribution in [0.4, 0.5) is 0 Å². The lowest BCUT2D eigenvalue weighted by Gasteiger charge is -2.29. The second-order valence-electron chi connectivity index (χ2n) is 9.98. The summed E-state index contributed by atoms with van der Waals surface area (Å²) in [6.45, 7) is 2.75. The number of aliphatic hydroxyl groups excluding tert-OH is 1. The number of likely N-dealkylation sites (tertiary alicyclic amines) is 1. The molecule has 2 aromatic heterocycles. The standard InChI is InChI=1S/C29H29N5O2/c1-33-13-2-3-20(17-33)18-36-29-32-27(22-6-4-19(16-30)5-7-22)26(28-31-12-14-34(28)29)23-9-8-21-10-11-25(35)24(21)15-23/h4-9,12,14-15,20,25,35H,2-3,10-11,13,17-18H2,1H3/t20-,25?/m1/s1. The molecule has 1 aliphatic carbocycles. The minimum absolute atomic E-state index is 0.446. The van der Waals surface area contributed by atoms with Crippen molar-refractivity contribution >= 4 is 5.65 Å². The fourth-order valence-corrected chi connectivity index (χ4v) is 5.57. The second kappa shape index (κ2) is 9.38. The topological polar surface area (TPSA) is 86.7 Å². The van der Waals surface area contributed by atoms with Gasteiger partial charge >= 0.3 is 6.01 Å². The smallest absolute Gasteiger partial charge is 0.302 e. The van der Waals surface area contributed by atoms with Gasteiger partial charge in [-0.15, -0.1) is 0 Å². The molecule has 0 amide bonds. The Morgan fingerprint density at radius 2 is 1.97 bits per heavy atom. The van der Waals surface area contributed by atoms with Gasteiger partial charge in [-0.05, 0) is 74.2 Å². The van der Waals surface area contributed by atoms with E-state index in [1.165, 1.54) is 12.0 Å². The van der Waals surface area contributed by atoms with Crippen LogP contribution in [0.5, 0.6) is 6.01 Å². The maximum atomic E-state index is 10.5. The van der Waals surface area contributed by atoms with E-state index in [1.807, 2.05) is 22.7 Å². The van der Waals surface area contributed by atoms with Gasteiger partial charge in [0.1, 0.15) is 0 Å². The first-order chi connectivity index (χ1) is 17.6. The van der Waals surface area contributed by atoms with E-state index in [-0.39, 0.29) is 0 Å². The van der Waals surface area contributed by atoms with Crippen LogP contribution in [0.3, 0.4) is 0 Å². The molecular formula is C29H29N5O2. The van der Waals surface area contributed by atoms with Crippen molar-refractivity contribution in [3.05, 3.63) is 71.5 Å². The lowest BCUT2D eigenvalue weighted by Crippen LogP contribution is -2.35. The summed E-state index contributed by atoms with van der Waals surface area (Å²) in [7, 11) is 2.16. The number of hydrogen-bond donors (Lipinski definition) is 1. The number of hydrogen-bond acceptors (Lipinski definition) is 6. The average molecular weight is 480 g/mol. The molecule has 0 bridgehead atoms. The van der Waals surface area contributed by atoms with Crippen molar-refractivity contribution in [1.29, 1.82) is 5.26 Å². The van der Waals surface area contributed by atoms with Crippen LogP contribution in [0.2, 0.25) is 0 Å². The molecule has 0 saturated carbocycles. The molecule has 0 radical (unpaired) electrons. The van der Waals surface area contributed by atoms with Crippen LogP contribution in [0.15, 0.2) is 54.9 Å². The minimum Gasteiger partial charge on any atom is -0.464 e. The minimum atomic E-state index is -0.446. The number of piperidine rings is 1. The van der Waals surface area contributed by atoms with Gasteiger partial charge in [0, 0.05) is 30.4 Å². The van der Waals surface area contributed by atoms with E-state index in [0.717, 1.165) is 65.9 Å². The van der Waals surface area contributed by atoms with E-state index in [2.05, 4.69) is 36.2 Å². The summed E-state index contributed by atoms with van der Waals surface area (Å²) < 4.78 is 8.26. The molecule has 1 fully saturated rings. The molecule has 1 aliphatic heterocycles. The van der Waals surface area contributed by atoms with Crippen molar-refractivity contribution < 1.29 is 9.84 Å². The molecule has 1 saturated heterocycles. The summed E-state index contributed by atoms with van der Waals surface area (Å²) in [5, 5.41) is 19.8. The summed E-state index contributed by atoms with van der Waals surface area (Å²) in [5.41, 5.74) is 7.00. The number of imidazole rings is 1. The lowest BCUT2D eigenvalue weighted by atomic mass is 9.96. The first-order valence-electron chi connectivity index (χ1n) is 12.6. The van der Waals surface area contributed by atoms with Gasteiger partial charge in [-0.1, -0.05) is 24.3 Å². The SMILES string of the molecule is CN1CCC[C@@H](COc2nc(-c3ccc(C#N)cc3)c(-c3ccc4c(c3)C(O)CC4)c3nccn23)C1. The van der Waals surface area contributed by atoms with Gasteiger partial charge in [0.2, 0.25) is 0 Å². The molecule has 1 N–H and O–H groups in total. The van der Waals surface area contributed by atoms with Gasteiger partial charge in [0.25, 0.3) is 0 Å². The van der Waals surface area contributed by atoms with Crippen LogP contribution in [0.1, 0.15) is 42.1 Å². The predicted octanol–water partition coefficient (Wildman–Crippen LogP) is 4.64. The quantitative estimate of drug-likeness (QED) is 0.449. The number of rotatable bonds is 5. The maximum Gasteiger partial charge on any atom is 0.302 e. The highest BCUT2D eigenvalue weighted by Gasteiger charge is 2.25. The van der Waals surface area contributed by atoms with Crippen LogP contribution >= 0.6 is 0 Å².